The second-order valence-corrected chi connectivity index (χ2v) is 3.09. The highest BCUT2D eigenvalue weighted by Gasteiger charge is 1.85. The molecule has 0 spiro atoms. The van der Waals surface area contributed by atoms with E-state index < -0.39 is 0 Å². The maximum Gasteiger partial charge on any atom is -0.0229 e. The maximum absolute atomic E-state index is 3.25. The van der Waals surface area contributed by atoms with E-state index >= 15 is 0 Å². The van der Waals surface area contributed by atoms with E-state index in [9.17, 15) is 0 Å². The van der Waals surface area contributed by atoms with E-state index in [4.69, 9.17) is 0 Å². The fourth-order valence-corrected chi connectivity index (χ4v) is 1.19. The zero-order valence-corrected chi connectivity index (χ0v) is 8.36. The third-order valence-electron chi connectivity index (χ3n) is 1.56. The Morgan fingerprint density at radius 1 is 1.10 bits per heavy atom. The lowest BCUT2D eigenvalue weighted by atomic mass is 10.1. The van der Waals surface area contributed by atoms with Gasteiger partial charge in [0.2, 0.25) is 0 Å². The van der Waals surface area contributed by atoms with Gasteiger partial charge in [-0.15, -0.1) is 0 Å². The van der Waals surface area contributed by atoms with E-state index in [1.165, 1.54) is 38.5 Å². The minimum Gasteiger partial charge on any atom is -0.0776 e. The molecule has 0 atom stereocenters. The molecule has 0 radical (unpaired) electrons. The minimum atomic E-state index is 1.23. The highest BCUT2D eigenvalue weighted by Crippen LogP contribution is 2.05. The van der Waals surface area contributed by atoms with Crippen LogP contribution in [-0.4, -0.2) is 0 Å². The van der Waals surface area contributed by atoms with E-state index in [1.54, 1.807) is 0 Å². The predicted octanol–water partition coefficient (Wildman–Crippen LogP) is 4.26. The number of hydrogen-bond donors (Lipinski definition) is 0. The minimum absolute atomic E-state index is 1.23. The molecule has 0 rings (SSSR count). The number of allylic oxidation sites excluding steroid dienone is 1. The predicted molar refractivity (Wildman–Crippen MR) is 51.4 cm³/mol. The van der Waals surface area contributed by atoms with E-state index in [2.05, 4.69) is 28.9 Å². The van der Waals surface area contributed by atoms with Crippen LogP contribution >= 0.6 is 15.9 Å². The lowest BCUT2D eigenvalue weighted by molar-refractivity contribution is 0.637. The highest BCUT2D eigenvalue weighted by atomic mass is 79.9. The summed E-state index contributed by atoms with van der Waals surface area (Å²) in [4.78, 5) is 1.95. The Morgan fingerprint density at radius 2 is 1.80 bits per heavy atom. The summed E-state index contributed by atoms with van der Waals surface area (Å²) in [6.07, 6.45) is 10.3. The Balaban J connectivity index is 2.77. The molecule has 0 N–H and O–H groups in total. The van der Waals surface area contributed by atoms with Gasteiger partial charge in [0.15, 0.2) is 0 Å². The molecule has 0 bridgehead atoms. The molecule has 0 aromatic carbocycles. The number of unbranched alkanes of at least 4 members (excludes halogenated alkanes) is 5. The molecular formula is C9H17Br. The molecule has 0 aromatic rings. The fourth-order valence-electron chi connectivity index (χ4n) is 0.929. The summed E-state index contributed by atoms with van der Waals surface area (Å²) in [6.45, 7) is 2.25. The normalized spacial score (nSPS) is 11.0. The second kappa shape index (κ2) is 9.22. The molecule has 1 heteroatoms. The summed E-state index contributed by atoms with van der Waals surface area (Å²) < 4.78 is 0. The Morgan fingerprint density at radius 3 is 2.40 bits per heavy atom. The first-order chi connectivity index (χ1) is 4.91. The first kappa shape index (κ1) is 10.2. The molecular weight excluding hydrogens is 188 g/mol. The van der Waals surface area contributed by atoms with Crippen molar-refractivity contribution in [3.63, 3.8) is 0 Å². The van der Waals surface area contributed by atoms with Crippen LogP contribution < -0.4 is 0 Å². The molecule has 0 aliphatic heterocycles. The van der Waals surface area contributed by atoms with Crippen molar-refractivity contribution in [2.45, 2.75) is 45.4 Å². The van der Waals surface area contributed by atoms with Crippen LogP contribution in [0, 0.1) is 0 Å². The fraction of sp³-hybridized carbons (Fsp3) is 0.778. The van der Waals surface area contributed by atoms with Crippen LogP contribution in [0.1, 0.15) is 45.4 Å². The van der Waals surface area contributed by atoms with Crippen LogP contribution in [0.25, 0.3) is 0 Å². The first-order valence-electron chi connectivity index (χ1n) is 4.17. The summed E-state index contributed by atoms with van der Waals surface area (Å²) in [5.41, 5.74) is 0. The molecule has 0 amide bonds. The van der Waals surface area contributed by atoms with Crippen molar-refractivity contribution in [2.24, 2.45) is 0 Å². The van der Waals surface area contributed by atoms with Crippen LogP contribution in [0.2, 0.25) is 0 Å². The molecule has 0 fully saturated rings. The van der Waals surface area contributed by atoms with E-state index in [1.807, 2.05) is 4.99 Å². The third kappa shape index (κ3) is 8.22. The summed E-state index contributed by atoms with van der Waals surface area (Å²) in [6, 6.07) is 0. The summed E-state index contributed by atoms with van der Waals surface area (Å²) in [5, 5.41) is 0. The Labute approximate surface area is 72.8 Å². The van der Waals surface area contributed by atoms with Crippen molar-refractivity contribution in [3.8, 4) is 0 Å². The zero-order chi connectivity index (χ0) is 7.66. The average Bonchev–Trinajstić information content (AvgIpc) is 1.97. The van der Waals surface area contributed by atoms with Gasteiger partial charge in [-0.1, -0.05) is 54.6 Å². The monoisotopic (exact) mass is 204 g/mol. The molecule has 0 saturated heterocycles. The molecule has 0 aliphatic rings. The molecule has 10 heavy (non-hydrogen) atoms. The van der Waals surface area contributed by atoms with Gasteiger partial charge in [0.1, 0.15) is 0 Å². The number of hydrogen-bond acceptors (Lipinski definition) is 0. The standard InChI is InChI=1S/C9H17Br/c1-2-3-4-5-6-7-8-9-10/h8-9H,2-7H2,1H3/b9-8+. The van der Waals surface area contributed by atoms with Crippen molar-refractivity contribution < 1.29 is 0 Å². The SMILES string of the molecule is CCCCCCC/C=C/Br. The van der Waals surface area contributed by atoms with Crippen molar-refractivity contribution in [2.75, 3.05) is 0 Å². The quantitative estimate of drug-likeness (QED) is 0.568. The second-order valence-electron chi connectivity index (χ2n) is 2.56. The summed E-state index contributed by atoms with van der Waals surface area (Å²) >= 11 is 3.25. The first-order valence-corrected chi connectivity index (χ1v) is 5.08. The molecule has 60 valence electrons. The lowest BCUT2D eigenvalue weighted by Gasteiger charge is -1.94. The molecule has 0 nitrogen and oxygen atoms in total. The van der Waals surface area contributed by atoms with Crippen LogP contribution in [0.5, 0.6) is 0 Å². The van der Waals surface area contributed by atoms with Gasteiger partial charge in [0.05, 0.1) is 0 Å². The molecule has 0 unspecified atom stereocenters. The van der Waals surface area contributed by atoms with E-state index in [0.29, 0.717) is 0 Å². The largest absolute Gasteiger partial charge is 0.0776 e. The van der Waals surface area contributed by atoms with Gasteiger partial charge >= 0.3 is 0 Å². The number of halogens is 1. The van der Waals surface area contributed by atoms with E-state index in [0.717, 1.165) is 0 Å². The van der Waals surface area contributed by atoms with Gasteiger partial charge in [0, 0.05) is 0 Å². The van der Waals surface area contributed by atoms with Gasteiger partial charge < -0.3 is 0 Å². The van der Waals surface area contributed by atoms with Crippen molar-refractivity contribution in [1.29, 1.82) is 0 Å². The van der Waals surface area contributed by atoms with Crippen LogP contribution in [-0.2, 0) is 0 Å². The van der Waals surface area contributed by atoms with Crippen LogP contribution in [0.4, 0.5) is 0 Å². The van der Waals surface area contributed by atoms with Crippen molar-refractivity contribution in [1.82, 2.24) is 0 Å². The smallest absolute Gasteiger partial charge is 0.0229 e. The third-order valence-corrected chi connectivity index (χ3v) is 1.94. The van der Waals surface area contributed by atoms with Gasteiger partial charge in [0.25, 0.3) is 0 Å². The van der Waals surface area contributed by atoms with Crippen LogP contribution in [0.3, 0.4) is 0 Å². The Bertz CT molecular complexity index is 76.8. The highest BCUT2D eigenvalue weighted by molar-refractivity contribution is 9.11. The van der Waals surface area contributed by atoms with Crippen molar-refractivity contribution in [3.05, 3.63) is 11.1 Å². The lowest BCUT2D eigenvalue weighted by Crippen LogP contribution is -1.75. The summed E-state index contributed by atoms with van der Waals surface area (Å²) in [7, 11) is 0. The van der Waals surface area contributed by atoms with Gasteiger partial charge in [-0.2, -0.15) is 0 Å². The zero-order valence-electron chi connectivity index (χ0n) is 6.78. The Hall–Kier alpha value is 0.220. The molecule has 0 saturated carbocycles. The Kier molecular flexibility index (Phi) is 9.42. The van der Waals surface area contributed by atoms with Gasteiger partial charge in [-0.3, -0.25) is 0 Å². The molecule has 0 aromatic heterocycles. The van der Waals surface area contributed by atoms with Crippen LogP contribution in [0.15, 0.2) is 11.1 Å². The molecule has 0 aliphatic carbocycles. The molecule has 0 heterocycles. The van der Waals surface area contributed by atoms with E-state index in [-0.39, 0.29) is 0 Å². The number of rotatable bonds is 6. The average molecular weight is 205 g/mol. The van der Waals surface area contributed by atoms with Gasteiger partial charge in [-0.25, -0.2) is 0 Å². The van der Waals surface area contributed by atoms with Gasteiger partial charge in [-0.05, 0) is 17.8 Å². The van der Waals surface area contributed by atoms with Crippen molar-refractivity contribution >= 4 is 15.9 Å². The maximum atomic E-state index is 3.25. The summed E-state index contributed by atoms with van der Waals surface area (Å²) in [5.74, 6) is 0. The topological polar surface area (TPSA) is 0 Å².